The zero-order chi connectivity index (χ0) is 13.2. The fourth-order valence-electron chi connectivity index (χ4n) is 2.85. The maximum Gasteiger partial charge on any atom is 0.229 e. The molecule has 0 aromatic heterocycles. The van der Waals surface area contributed by atoms with Gasteiger partial charge in [-0.15, -0.1) is 0 Å². The number of fused-ring (bicyclic) bond motifs is 1. The third-order valence-electron chi connectivity index (χ3n) is 4.08. The van der Waals surface area contributed by atoms with Gasteiger partial charge in [0.25, 0.3) is 0 Å². The molecule has 1 aromatic carbocycles. The van der Waals surface area contributed by atoms with Crippen LogP contribution in [0.2, 0.25) is 0 Å². The minimum atomic E-state index is 0.163. The van der Waals surface area contributed by atoms with E-state index in [1.165, 1.54) is 5.56 Å². The Morgan fingerprint density at radius 2 is 2.16 bits per heavy atom. The molecule has 0 aliphatic carbocycles. The Labute approximate surface area is 113 Å². The molecule has 1 fully saturated rings. The van der Waals surface area contributed by atoms with Crippen LogP contribution in [-0.2, 0) is 11.2 Å². The van der Waals surface area contributed by atoms with E-state index in [1.807, 2.05) is 19.2 Å². The van der Waals surface area contributed by atoms with Gasteiger partial charge >= 0.3 is 0 Å². The minimum Gasteiger partial charge on any atom is -0.493 e. The molecule has 4 nitrogen and oxygen atoms in total. The van der Waals surface area contributed by atoms with Gasteiger partial charge in [0.05, 0.1) is 6.61 Å². The lowest BCUT2D eigenvalue weighted by molar-refractivity contribution is -0.122. The van der Waals surface area contributed by atoms with Crippen molar-refractivity contribution in [1.82, 2.24) is 5.32 Å². The molecule has 0 spiro atoms. The van der Waals surface area contributed by atoms with Gasteiger partial charge in [-0.05, 0) is 49.7 Å². The number of piperidine rings is 1. The Kier molecular flexibility index (Phi) is 3.42. The summed E-state index contributed by atoms with van der Waals surface area (Å²) < 4.78 is 5.50. The van der Waals surface area contributed by atoms with Gasteiger partial charge in [-0.1, -0.05) is 0 Å². The van der Waals surface area contributed by atoms with E-state index in [1.54, 1.807) is 4.90 Å². The minimum absolute atomic E-state index is 0.163. The van der Waals surface area contributed by atoms with Crippen LogP contribution in [0, 0.1) is 5.92 Å². The number of nitrogens with zero attached hydrogens (tertiary/aromatic N) is 1. The standard InChI is InChI=1S/C15H20N2O2/c1-17(15(18)11-4-7-16-8-5-11)13-2-3-14-12(10-13)6-9-19-14/h2-3,10-11,16H,4-9H2,1H3. The van der Waals surface area contributed by atoms with Gasteiger partial charge in [0, 0.05) is 25.1 Å². The molecule has 2 aliphatic heterocycles. The van der Waals surface area contributed by atoms with Crippen molar-refractivity contribution < 1.29 is 9.53 Å². The Bertz CT molecular complexity index is 481. The molecular formula is C15H20N2O2. The maximum absolute atomic E-state index is 12.5. The van der Waals surface area contributed by atoms with Crippen LogP contribution in [0.4, 0.5) is 5.69 Å². The topological polar surface area (TPSA) is 41.6 Å². The van der Waals surface area contributed by atoms with E-state index in [4.69, 9.17) is 4.74 Å². The van der Waals surface area contributed by atoms with Gasteiger partial charge in [0.2, 0.25) is 5.91 Å². The largest absolute Gasteiger partial charge is 0.493 e. The second-order valence-electron chi connectivity index (χ2n) is 5.31. The summed E-state index contributed by atoms with van der Waals surface area (Å²) in [6.07, 6.45) is 2.83. The summed E-state index contributed by atoms with van der Waals surface area (Å²) in [6, 6.07) is 6.04. The van der Waals surface area contributed by atoms with Gasteiger partial charge in [-0.25, -0.2) is 0 Å². The molecule has 1 N–H and O–H groups in total. The molecule has 2 aliphatic rings. The summed E-state index contributed by atoms with van der Waals surface area (Å²) in [5, 5.41) is 3.29. The highest BCUT2D eigenvalue weighted by Gasteiger charge is 2.25. The van der Waals surface area contributed by atoms with E-state index >= 15 is 0 Å². The van der Waals surface area contributed by atoms with Crippen molar-refractivity contribution in [3.05, 3.63) is 23.8 Å². The molecule has 0 atom stereocenters. The highest BCUT2D eigenvalue weighted by molar-refractivity contribution is 5.94. The van der Waals surface area contributed by atoms with E-state index in [0.29, 0.717) is 0 Å². The molecule has 1 saturated heterocycles. The zero-order valence-electron chi connectivity index (χ0n) is 11.3. The van der Waals surface area contributed by atoms with E-state index in [9.17, 15) is 4.79 Å². The number of anilines is 1. The number of hydrogen-bond donors (Lipinski definition) is 1. The van der Waals surface area contributed by atoms with Crippen LogP contribution in [0.3, 0.4) is 0 Å². The average molecular weight is 260 g/mol. The molecule has 1 aromatic rings. The molecule has 102 valence electrons. The number of benzene rings is 1. The van der Waals surface area contributed by atoms with E-state index in [0.717, 1.165) is 50.4 Å². The summed E-state index contributed by atoms with van der Waals surface area (Å²) >= 11 is 0. The first-order chi connectivity index (χ1) is 9.25. The molecule has 0 radical (unpaired) electrons. The molecule has 0 saturated carbocycles. The molecular weight excluding hydrogens is 240 g/mol. The van der Waals surface area contributed by atoms with Crippen molar-refractivity contribution >= 4 is 11.6 Å². The van der Waals surface area contributed by atoms with E-state index in [-0.39, 0.29) is 11.8 Å². The van der Waals surface area contributed by atoms with Crippen molar-refractivity contribution in [2.45, 2.75) is 19.3 Å². The molecule has 2 heterocycles. The smallest absolute Gasteiger partial charge is 0.229 e. The average Bonchev–Trinajstić information content (AvgIpc) is 2.94. The van der Waals surface area contributed by atoms with Gasteiger partial charge in [0.1, 0.15) is 5.75 Å². The normalized spacial score (nSPS) is 18.8. The molecule has 19 heavy (non-hydrogen) atoms. The molecule has 3 rings (SSSR count). The van der Waals surface area contributed by atoms with Gasteiger partial charge in [-0.2, -0.15) is 0 Å². The maximum atomic E-state index is 12.5. The second kappa shape index (κ2) is 5.21. The molecule has 4 heteroatoms. The second-order valence-corrected chi connectivity index (χ2v) is 5.31. The van der Waals surface area contributed by atoms with Crippen LogP contribution in [0.15, 0.2) is 18.2 Å². The first-order valence-corrected chi connectivity index (χ1v) is 7.00. The van der Waals surface area contributed by atoms with E-state index in [2.05, 4.69) is 11.4 Å². The quantitative estimate of drug-likeness (QED) is 0.878. The van der Waals surface area contributed by atoms with Gasteiger partial charge < -0.3 is 15.0 Å². The predicted molar refractivity (Wildman–Crippen MR) is 74.6 cm³/mol. The summed E-state index contributed by atoms with van der Waals surface area (Å²) in [5.41, 5.74) is 2.19. The van der Waals surface area contributed by atoms with Crippen LogP contribution in [0.1, 0.15) is 18.4 Å². The van der Waals surface area contributed by atoms with Crippen molar-refractivity contribution in [3.8, 4) is 5.75 Å². The number of carbonyl (C=O) groups is 1. The van der Waals surface area contributed by atoms with Crippen LogP contribution in [0.5, 0.6) is 5.75 Å². The number of amides is 1. The Hall–Kier alpha value is -1.55. The monoisotopic (exact) mass is 260 g/mol. The van der Waals surface area contributed by atoms with Crippen molar-refractivity contribution in [2.75, 3.05) is 31.6 Å². The summed E-state index contributed by atoms with van der Waals surface area (Å²) in [5.74, 6) is 1.36. The fourth-order valence-corrected chi connectivity index (χ4v) is 2.85. The number of ether oxygens (including phenoxy) is 1. The third kappa shape index (κ3) is 2.45. The number of rotatable bonds is 2. The molecule has 0 bridgehead atoms. The highest BCUT2D eigenvalue weighted by Crippen LogP contribution is 2.30. The number of hydrogen-bond acceptors (Lipinski definition) is 3. The first-order valence-electron chi connectivity index (χ1n) is 7.00. The van der Waals surface area contributed by atoms with Crippen LogP contribution < -0.4 is 15.0 Å². The first kappa shape index (κ1) is 12.5. The molecule has 0 unspecified atom stereocenters. The lowest BCUT2D eigenvalue weighted by Crippen LogP contribution is -2.39. The highest BCUT2D eigenvalue weighted by atomic mass is 16.5. The Morgan fingerprint density at radius 3 is 2.95 bits per heavy atom. The predicted octanol–water partition coefficient (Wildman–Crippen LogP) is 1.58. The SMILES string of the molecule is CN(C(=O)C1CCNCC1)c1ccc2c(c1)CCO2. The summed E-state index contributed by atoms with van der Waals surface area (Å²) in [4.78, 5) is 14.3. The summed E-state index contributed by atoms with van der Waals surface area (Å²) in [6.45, 7) is 2.65. The Balaban J connectivity index is 1.75. The van der Waals surface area contributed by atoms with Crippen LogP contribution >= 0.6 is 0 Å². The third-order valence-corrected chi connectivity index (χ3v) is 4.08. The fraction of sp³-hybridized carbons (Fsp3) is 0.533. The number of carbonyl (C=O) groups excluding carboxylic acids is 1. The van der Waals surface area contributed by atoms with Gasteiger partial charge in [-0.3, -0.25) is 4.79 Å². The zero-order valence-corrected chi connectivity index (χ0v) is 11.3. The lowest BCUT2D eigenvalue weighted by atomic mass is 9.96. The Morgan fingerprint density at radius 1 is 1.37 bits per heavy atom. The lowest BCUT2D eigenvalue weighted by Gasteiger charge is -2.27. The van der Waals surface area contributed by atoms with Crippen LogP contribution in [-0.4, -0.2) is 32.7 Å². The van der Waals surface area contributed by atoms with Crippen molar-refractivity contribution in [2.24, 2.45) is 5.92 Å². The number of nitrogens with one attached hydrogen (secondary N) is 1. The summed E-state index contributed by atoms with van der Waals surface area (Å²) in [7, 11) is 1.88. The van der Waals surface area contributed by atoms with Crippen molar-refractivity contribution in [1.29, 1.82) is 0 Å². The van der Waals surface area contributed by atoms with E-state index < -0.39 is 0 Å². The van der Waals surface area contributed by atoms with Crippen LogP contribution in [0.25, 0.3) is 0 Å². The van der Waals surface area contributed by atoms with Gasteiger partial charge in [0.15, 0.2) is 0 Å². The molecule has 1 amide bonds. The van der Waals surface area contributed by atoms with Crippen molar-refractivity contribution in [3.63, 3.8) is 0 Å².